The van der Waals surface area contributed by atoms with Gasteiger partial charge in [0.05, 0.1) is 13.0 Å². The van der Waals surface area contributed by atoms with Gasteiger partial charge in [0.1, 0.15) is 12.8 Å². The molecule has 0 aliphatic heterocycles. The lowest BCUT2D eigenvalue weighted by Crippen LogP contribution is -2.17. The predicted molar refractivity (Wildman–Crippen MR) is 117 cm³/mol. The molecular weight excluding hydrogens is 422 g/mol. The minimum Gasteiger partial charge on any atom is -0.465 e. The minimum absolute atomic E-state index is 0.101. The summed E-state index contributed by atoms with van der Waals surface area (Å²) in [5.74, 6) is -0.861. The Morgan fingerprint density at radius 2 is 1.53 bits per heavy atom. The number of hydrogen-bond donors (Lipinski definition) is 3. The molecular formula is C23H34F2N2O5. The van der Waals surface area contributed by atoms with Gasteiger partial charge < -0.3 is 10.1 Å². The fourth-order valence-electron chi connectivity index (χ4n) is 3.04. The Kier molecular flexibility index (Phi) is 14.7. The molecule has 0 aliphatic carbocycles. The van der Waals surface area contributed by atoms with Crippen LogP contribution >= 0.6 is 0 Å². The lowest BCUT2D eigenvalue weighted by Gasteiger charge is -2.08. The number of alkyl halides is 2. The summed E-state index contributed by atoms with van der Waals surface area (Å²) in [6.07, 6.45) is 4.43. The van der Waals surface area contributed by atoms with Gasteiger partial charge in [0.25, 0.3) is 0 Å². The maximum atomic E-state index is 12.7. The highest BCUT2D eigenvalue weighted by molar-refractivity contribution is 5.90. The smallest absolute Gasteiger partial charge is 0.310 e. The summed E-state index contributed by atoms with van der Waals surface area (Å²) in [6, 6.07) is 6.96. The van der Waals surface area contributed by atoms with Crippen molar-refractivity contribution in [2.45, 2.75) is 76.8 Å². The number of esters is 1. The van der Waals surface area contributed by atoms with Crippen LogP contribution in [0.4, 0.5) is 14.5 Å². The van der Waals surface area contributed by atoms with Gasteiger partial charge in [0.15, 0.2) is 0 Å². The maximum absolute atomic E-state index is 12.7. The van der Waals surface area contributed by atoms with E-state index in [1.54, 1.807) is 29.7 Å². The second-order valence-corrected chi connectivity index (χ2v) is 7.69. The normalized spacial score (nSPS) is 11.6. The summed E-state index contributed by atoms with van der Waals surface area (Å²) in [7, 11) is 0. The molecule has 0 spiro atoms. The molecule has 0 heterocycles. The molecule has 1 aromatic rings. The molecule has 7 nitrogen and oxygen atoms in total. The van der Waals surface area contributed by atoms with Crippen molar-refractivity contribution in [3.8, 4) is 0 Å². The maximum Gasteiger partial charge on any atom is 0.310 e. The molecule has 0 aliphatic rings. The van der Waals surface area contributed by atoms with E-state index < -0.39 is 18.8 Å². The Morgan fingerprint density at radius 3 is 2.16 bits per heavy atom. The van der Waals surface area contributed by atoms with Gasteiger partial charge in [-0.2, -0.15) is 0 Å². The van der Waals surface area contributed by atoms with Crippen LogP contribution in [0.5, 0.6) is 0 Å². The largest absolute Gasteiger partial charge is 0.465 e. The van der Waals surface area contributed by atoms with E-state index in [2.05, 4.69) is 5.32 Å². The standard InChI is InChI=1S/C23H34F2N2O5/c24-17-19(25)8-4-3-7-15-32-23(30)16-18-11-13-20(14-12-18)26-21(28)9-5-1-2-6-10-22(29)27-31/h11-14,19,31H,1-10,15-17H2,(H,26,28)(H,27,29). The molecule has 0 saturated carbocycles. The van der Waals surface area contributed by atoms with Crippen molar-refractivity contribution < 1.29 is 33.1 Å². The van der Waals surface area contributed by atoms with Crippen LogP contribution in [-0.4, -0.2) is 42.4 Å². The first-order valence-electron chi connectivity index (χ1n) is 11.1. The molecule has 1 atom stereocenters. The predicted octanol–water partition coefficient (Wildman–Crippen LogP) is 4.42. The second-order valence-electron chi connectivity index (χ2n) is 7.69. The van der Waals surface area contributed by atoms with Gasteiger partial charge in [-0.15, -0.1) is 0 Å². The molecule has 0 aromatic heterocycles. The molecule has 2 amide bonds. The van der Waals surface area contributed by atoms with Gasteiger partial charge in [-0.3, -0.25) is 19.6 Å². The van der Waals surface area contributed by atoms with Crippen LogP contribution < -0.4 is 10.8 Å². The van der Waals surface area contributed by atoms with Crippen molar-refractivity contribution in [2.24, 2.45) is 0 Å². The number of nitrogens with one attached hydrogen (secondary N) is 2. The van der Waals surface area contributed by atoms with E-state index in [4.69, 9.17) is 9.94 Å². The number of benzene rings is 1. The van der Waals surface area contributed by atoms with Crippen LogP contribution in [-0.2, 0) is 25.5 Å². The molecule has 32 heavy (non-hydrogen) atoms. The lowest BCUT2D eigenvalue weighted by atomic mass is 10.1. The van der Waals surface area contributed by atoms with Crippen LogP contribution in [0.15, 0.2) is 24.3 Å². The van der Waals surface area contributed by atoms with Crippen molar-refractivity contribution in [3.05, 3.63) is 29.8 Å². The van der Waals surface area contributed by atoms with Crippen molar-refractivity contribution in [1.29, 1.82) is 0 Å². The number of anilines is 1. The van der Waals surface area contributed by atoms with Gasteiger partial charge in [0.2, 0.25) is 11.8 Å². The minimum atomic E-state index is -1.40. The Bertz CT molecular complexity index is 685. The molecule has 0 saturated heterocycles. The second kappa shape index (κ2) is 17.1. The molecule has 0 fully saturated rings. The number of carbonyl (C=O) groups excluding carboxylic acids is 3. The molecule has 180 valence electrons. The summed E-state index contributed by atoms with van der Waals surface area (Å²) in [4.78, 5) is 34.7. The number of unbranched alkanes of at least 4 members (excludes halogenated alkanes) is 5. The van der Waals surface area contributed by atoms with Gasteiger partial charge in [-0.25, -0.2) is 14.3 Å². The van der Waals surface area contributed by atoms with Gasteiger partial charge in [0, 0.05) is 18.5 Å². The van der Waals surface area contributed by atoms with Crippen molar-refractivity contribution in [1.82, 2.24) is 5.48 Å². The molecule has 3 N–H and O–H groups in total. The number of rotatable bonds is 17. The number of hydrogen-bond acceptors (Lipinski definition) is 5. The molecule has 0 bridgehead atoms. The lowest BCUT2D eigenvalue weighted by molar-refractivity contribution is -0.143. The molecule has 1 aromatic carbocycles. The number of halogens is 2. The molecule has 1 unspecified atom stereocenters. The van der Waals surface area contributed by atoms with Crippen molar-refractivity contribution >= 4 is 23.5 Å². The average Bonchev–Trinajstić information content (AvgIpc) is 2.79. The summed E-state index contributed by atoms with van der Waals surface area (Å²) in [5.41, 5.74) is 3.00. The third-order valence-corrected chi connectivity index (χ3v) is 4.86. The van der Waals surface area contributed by atoms with E-state index in [0.717, 1.165) is 18.4 Å². The van der Waals surface area contributed by atoms with Crippen LogP contribution in [0.2, 0.25) is 0 Å². The summed E-state index contributed by atoms with van der Waals surface area (Å²) >= 11 is 0. The van der Waals surface area contributed by atoms with E-state index in [0.29, 0.717) is 44.2 Å². The first-order chi connectivity index (χ1) is 15.4. The zero-order valence-corrected chi connectivity index (χ0v) is 18.4. The SMILES string of the molecule is O=C(CCCCCCC(=O)Nc1ccc(CC(=O)OCCCCCC(F)CF)cc1)NO. The Morgan fingerprint density at radius 1 is 0.906 bits per heavy atom. The zero-order chi connectivity index (χ0) is 23.6. The van der Waals surface area contributed by atoms with Gasteiger partial charge in [-0.05, 0) is 49.8 Å². The van der Waals surface area contributed by atoms with E-state index in [9.17, 15) is 23.2 Å². The van der Waals surface area contributed by atoms with E-state index >= 15 is 0 Å². The molecule has 9 heteroatoms. The van der Waals surface area contributed by atoms with Crippen LogP contribution in [0.1, 0.15) is 69.8 Å². The highest BCUT2D eigenvalue weighted by atomic mass is 19.2. The van der Waals surface area contributed by atoms with E-state index in [-0.39, 0.29) is 37.7 Å². The third-order valence-electron chi connectivity index (χ3n) is 4.86. The van der Waals surface area contributed by atoms with E-state index in [1.165, 1.54) is 0 Å². The summed E-state index contributed by atoms with van der Waals surface area (Å²) < 4.78 is 29.9. The monoisotopic (exact) mass is 456 g/mol. The van der Waals surface area contributed by atoms with Gasteiger partial charge >= 0.3 is 5.97 Å². The number of carbonyl (C=O) groups is 3. The first kappa shape index (κ1) is 27.5. The van der Waals surface area contributed by atoms with Crippen LogP contribution in [0, 0.1) is 0 Å². The molecule has 0 radical (unpaired) electrons. The average molecular weight is 457 g/mol. The van der Waals surface area contributed by atoms with Gasteiger partial charge in [-0.1, -0.05) is 31.4 Å². The van der Waals surface area contributed by atoms with Crippen molar-refractivity contribution in [3.63, 3.8) is 0 Å². The topological polar surface area (TPSA) is 105 Å². The number of hydroxylamine groups is 1. The Labute approximate surface area is 187 Å². The zero-order valence-electron chi connectivity index (χ0n) is 18.4. The van der Waals surface area contributed by atoms with E-state index in [1.807, 2.05) is 0 Å². The highest BCUT2D eigenvalue weighted by Crippen LogP contribution is 2.13. The Hall–Kier alpha value is -2.55. The molecule has 1 rings (SSSR count). The highest BCUT2D eigenvalue weighted by Gasteiger charge is 2.08. The summed E-state index contributed by atoms with van der Waals surface area (Å²) in [6.45, 7) is -0.694. The summed E-state index contributed by atoms with van der Waals surface area (Å²) in [5, 5.41) is 11.2. The quantitative estimate of drug-likeness (QED) is 0.139. The van der Waals surface area contributed by atoms with Crippen molar-refractivity contribution in [2.75, 3.05) is 18.6 Å². The third kappa shape index (κ3) is 13.7. The number of ether oxygens (including phenoxy) is 1. The van der Waals surface area contributed by atoms with Crippen LogP contribution in [0.3, 0.4) is 0 Å². The first-order valence-corrected chi connectivity index (χ1v) is 11.1. The number of amides is 2. The van der Waals surface area contributed by atoms with Crippen LogP contribution in [0.25, 0.3) is 0 Å². The fraction of sp³-hybridized carbons (Fsp3) is 0.609. The Balaban J connectivity index is 2.15. The fourth-order valence-corrected chi connectivity index (χ4v) is 3.04.